The monoisotopic (exact) mass is 298 g/mol. The number of rotatable bonds is 8. The number of unbranched alkanes of at least 4 members (excludes halogenated alkanes) is 1. The summed E-state index contributed by atoms with van der Waals surface area (Å²) in [4.78, 5) is 0.0634. The van der Waals surface area contributed by atoms with Crippen molar-refractivity contribution in [2.45, 2.75) is 64.2 Å². The lowest BCUT2D eigenvalue weighted by Gasteiger charge is -2.15. The van der Waals surface area contributed by atoms with Crippen molar-refractivity contribution in [3.05, 3.63) is 29.3 Å². The minimum atomic E-state index is -4.12. The van der Waals surface area contributed by atoms with Crippen LogP contribution in [0.2, 0.25) is 0 Å². The summed E-state index contributed by atoms with van der Waals surface area (Å²) in [5.74, 6) is 0.629. The Hall–Kier alpha value is -0.870. The van der Waals surface area contributed by atoms with E-state index in [2.05, 4.69) is 13.8 Å². The minimum Gasteiger partial charge on any atom is -0.282 e. The second kappa shape index (κ2) is 7.79. The molecule has 114 valence electrons. The van der Waals surface area contributed by atoms with Gasteiger partial charge in [0, 0.05) is 0 Å². The summed E-state index contributed by atoms with van der Waals surface area (Å²) in [6, 6.07) is 5.10. The molecule has 0 aliphatic carbocycles. The van der Waals surface area contributed by atoms with E-state index in [0.717, 1.165) is 24.0 Å². The van der Waals surface area contributed by atoms with Crippen LogP contribution in [0.4, 0.5) is 0 Å². The summed E-state index contributed by atoms with van der Waals surface area (Å²) < 4.78 is 32.1. The highest BCUT2D eigenvalue weighted by atomic mass is 32.2. The van der Waals surface area contributed by atoms with Crippen LogP contribution in [0, 0.1) is 12.8 Å². The second-order valence-electron chi connectivity index (χ2n) is 5.54. The van der Waals surface area contributed by atoms with Crippen LogP contribution in [-0.2, 0) is 16.5 Å². The summed E-state index contributed by atoms with van der Waals surface area (Å²) >= 11 is 0. The van der Waals surface area contributed by atoms with Gasteiger partial charge in [-0.25, -0.2) is 0 Å². The molecule has 1 unspecified atom stereocenters. The zero-order valence-corrected chi connectivity index (χ0v) is 13.5. The maximum Gasteiger partial charge on any atom is 0.294 e. The van der Waals surface area contributed by atoms with Crippen molar-refractivity contribution in [2.24, 2.45) is 5.92 Å². The van der Waals surface area contributed by atoms with E-state index in [1.54, 1.807) is 6.07 Å². The highest BCUT2D eigenvalue weighted by Crippen LogP contribution is 2.23. The van der Waals surface area contributed by atoms with Gasteiger partial charge in [0.25, 0.3) is 10.1 Å². The predicted molar refractivity (Wildman–Crippen MR) is 82.6 cm³/mol. The Bertz CT molecular complexity index is 521. The SMILES string of the molecule is CCCCC(CC)CCc1cc(C)ccc1S(=O)(=O)O. The Kier molecular flexibility index (Phi) is 6.69. The first-order chi connectivity index (χ1) is 9.38. The molecule has 1 atom stereocenters. The first-order valence-electron chi connectivity index (χ1n) is 7.45. The summed E-state index contributed by atoms with van der Waals surface area (Å²) in [6.45, 7) is 6.30. The first kappa shape index (κ1) is 17.2. The molecule has 0 saturated heterocycles. The average molecular weight is 298 g/mol. The van der Waals surface area contributed by atoms with E-state index in [9.17, 15) is 13.0 Å². The maximum atomic E-state index is 11.4. The van der Waals surface area contributed by atoms with Crippen LogP contribution < -0.4 is 0 Å². The normalized spacial score (nSPS) is 13.4. The number of hydrogen-bond acceptors (Lipinski definition) is 2. The molecular formula is C16H26O3S. The van der Waals surface area contributed by atoms with Crippen molar-refractivity contribution in [2.75, 3.05) is 0 Å². The van der Waals surface area contributed by atoms with E-state index in [4.69, 9.17) is 0 Å². The third-order valence-electron chi connectivity index (χ3n) is 3.86. The van der Waals surface area contributed by atoms with Crippen LogP contribution >= 0.6 is 0 Å². The largest absolute Gasteiger partial charge is 0.294 e. The molecular weight excluding hydrogens is 272 g/mol. The Labute approximate surface area is 123 Å². The minimum absolute atomic E-state index is 0.0634. The van der Waals surface area contributed by atoms with Gasteiger partial charge < -0.3 is 0 Å². The third kappa shape index (κ3) is 5.25. The van der Waals surface area contributed by atoms with E-state index in [-0.39, 0.29) is 4.90 Å². The molecule has 0 radical (unpaired) electrons. The summed E-state index contributed by atoms with van der Waals surface area (Å²) in [6.07, 6.45) is 6.41. The highest BCUT2D eigenvalue weighted by Gasteiger charge is 2.16. The molecule has 0 bridgehead atoms. The molecule has 3 nitrogen and oxygen atoms in total. The van der Waals surface area contributed by atoms with Crippen molar-refractivity contribution >= 4 is 10.1 Å². The molecule has 4 heteroatoms. The van der Waals surface area contributed by atoms with Crippen molar-refractivity contribution in [3.63, 3.8) is 0 Å². The van der Waals surface area contributed by atoms with E-state index >= 15 is 0 Å². The lowest BCUT2D eigenvalue weighted by molar-refractivity contribution is 0.420. The molecule has 0 aliphatic heterocycles. The molecule has 1 rings (SSSR count). The zero-order chi connectivity index (χ0) is 15.2. The van der Waals surface area contributed by atoms with Gasteiger partial charge in [0.15, 0.2) is 0 Å². The predicted octanol–water partition coefficient (Wildman–Crippen LogP) is 4.39. The molecule has 1 N–H and O–H groups in total. The Morgan fingerprint density at radius 1 is 1.20 bits per heavy atom. The Morgan fingerprint density at radius 3 is 2.45 bits per heavy atom. The van der Waals surface area contributed by atoms with Crippen molar-refractivity contribution in [3.8, 4) is 0 Å². The second-order valence-corrected chi connectivity index (χ2v) is 6.93. The molecule has 0 spiro atoms. The number of benzene rings is 1. The molecule has 0 aliphatic rings. The van der Waals surface area contributed by atoms with Crippen molar-refractivity contribution in [1.82, 2.24) is 0 Å². The molecule has 0 saturated carbocycles. The van der Waals surface area contributed by atoms with Gasteiger partial charge in [-0.05, 0) is 37.3 Å². The van der Waals surface area contributed by atoms with Crippen LogP contribution in [-0.4, -0.2) is 13.0 Å². The zero-order valence-electron chi connectivity index (χ0n) is 12.7. The van der Waals surface area contributed by atoms with Gasteiger partial charge in [-0.1, -0.05) is 57.2 Å². The number of hydrogen-bond donors (Lipinski definition) is 1. The van der Waals surface area contributed by atoms with Gasteiger partial charge >= 0.3 is 0 Å². The summed E-state index contributed by atoms with van der Waals surface area (Å²) in [5, 5.41) is 0. The van der Waals surface area contributed by atoms with E-state index in [0.29, 0.717) is 12.3 Å². The van der Waals surface area contributed by atoms with Gasteiger partial charge in [0.1, 0.15) is 0 Å². The fraction of sp³-hybridized carbons (Fsp3) is 0.625. The number of aryl methyl sites for hydroxylation is 2. The van der Waals surface area contributed by atoms with Gasteiger partial charge in [0.05, 0.1) is 4.90 Å². The first-order valence-corrected chi connectivity index (χ1v) is 8.89. The molecule has 0 heterocycles. The maximum absolute atomic E-state index is 11.4. The molecule has 0 aromatic heterocycles. The molecule has 1 aromatic carbocycles. The molecule has 20 heavy (non-hydrogen) atoms. The van der Waals surface area contributed by atoms with Crippen LogP contribution in [0.1, 0.15) is 57.1 Å². The Morgan fingerprint density at radius 2 is 1.90 bits per heavy atom. The Balaban J connectivity index is 2.83. The third-order valence-corrected chi connectivity index (χ3v) is 4.81. The summed E-state index contributed by atoms with van der Waals surface area (Å²) in [7, 11) is -4.12. The topological polar surface area (TPSA) is 54.4 Å². The van der Waals surface area contributed by atoms with Crippen LogP contribution in [0.5, 0.6) is 0 Å². The lowest BCUT2D eigenvalue weighted by atomic mass is 9.92. The van der Waals surface area contributed by atoms with Gasteiger partial charge in [0.2, 0.25) is 0 Å². The fourth-order valence-electron chi connectivity index (χ4n) is 2.56. The van der Waals surface area contributed by atoms with Crippen molar-refractivity contribution in [1.29, 1.82) is 0 Å². The quantitative estimate of drug-likeness (QED) is 0.724. The average Bonchev–Trinajstić information content (AvgIpc) is 2.37. The summed E-state index contributed by atoms with van der Waals surface area (Å²) in [5.41, 5.74) is 1.76. The van der Waals surface area contributed by atoms with Crippen LogP contribution in [0.15, 0.2) is 23.1 Å². The van der Waals surface area contributed by atoms with Crippen LogP contribution in [0.25, 0.3) is 0 Å². The van der Waals surface area contributed by atoms with E-state index in [1.165, 1.54) is 25.3 Å². The smallest absolute Gasteiger partial charge is 0.282 e. The standard InChI is InChI=1S/C16H26O3S/c1-4-6-7-14(5-2)9-10-15-12-13(3)8-11-16(15)20(17,18)19/h8,11-12,14H,4-7,9-10H2,1-3H3,(H,17,18,19). The van der Waals surface area contributed by atoms with E-state index < -0.39 is 10.1 Å². The van der Waals surface area contributed by atoms with Gasteiger partial charge in [-0.3, -0.25) is 4.55 Å². The lowest BCUT2D eigenvalue weighted by Crippen LogP contribution is -2.07. The fourth-order valence-corrected chi connectivity index (χ4v) is 3.29. The highest BCUT2D eigenvalue weighted by molar-refractivity contribution is 7.85. The molecule has 0 amide bonds. The van der Waals surface area contributed by atoms with Crippen LogP contribution in [0.3, 0.4) is 0 Å². The van der Waals surface area contributed by atoms with Gasteiger partial charge in [-0.2, -0.15) is 8.42 Å². The van der Waals surface area contributed by atoms with Crippen molar-refractivity contribution < 1.29 is 13.0 Å². The molecule has 1 aromatic rings. The molecule has 0 fully saturated rings. The van der Waals surface area contributed by atoms with E-state index in [1.807, 2.05) is 13.0 Å². The van der Waals surface area contributed by atoms with Gasteiger partial charge in [-0.15, -0.1) is 0 Å².